The number of nitrogens with zero attached hydrogens (tertiary/aromatic N) is 2. The Balaban J connectivity index is 1.48. The zero-order valence-electron chi connectivity index (χ0n) is 16.4. The van der Waals surface area contributed by atoms with Gasteiger partial charge in [0, 0.05) is 37.9 Å². The third kappa shape index (κ3) is 5.52. The summed E-state index contributed by atoms with van der Waals surface area (Å²) in [4.78, 5) is 16.6. The standard InChI is InChI=1S/C23H28N2O3/c1-2-3-18-28-22-11-4-19(5-12-22)6-13-23(27)25-16-14-24(15-17-25)20-7-9-21(26)10-8-20/h4-13,26H,2-3,14-18H2,1H3/b13-6+. The lowest BCUT2D eigenvalue weighted by molar-refractivity contribution is -0.126. The Morgan fingerprint density at radius 2 is 1.71 bits per heavy atom. The number of unbranched alkanes of at least 4 members (excludes halogenated alkanes) is 1. The number of anilines is 1. The third-order valence-electron chi connectivity index (χ3n) is 4.87. The van der Waals surface area contributed by atoms with Crippen molar-refractivity contribution in [3.8, 4) is 11.5 Å². The van der Waals surface area contributed by atoms with Crippen molar-refractivity contribution < 1.29 is 14.6 Å². The zero-order valence-corrected chi connectivity index (χ0v) is 16.4. The Bertz CT molecular complexity index is 776. The van der Waals surface area contributed by atoms with Crippen LogP contribution in [0.5, 0.6) is 11.5 Å². The van der Waals surface area contributed by atoms with Crippen molar-refractivity contribution >= 4 is 17.7 Å². The SMILES string of the molecule is CCCCOc1ccc(/C=C/C(=O)N2CCN(c3ccc(O)cc3)CC2)cc1. The van der Waals surface area contributed by atoms with Crippen LogP contribution >= 0.6 is 0 Å². The molecule has 148 valence electrons. The number of rotatable bonds is 7. The van der Waals surface area contributed by atoms with E-state index in [2.05, 4.69) is 11.8 Å². The van der Waals surface area contributed by atoms with Crippen LogP contribution in [0, 0.1) is 0 Å². The summed E-state index contributed by atoms with van der Waals surface area (Å²) in [5.41, 5.74) is 2.06. The Labute approximate surface area is 166 Å². The van der Waals surface area contributed by atoms with Crippen LogP contribution in [0.15, 0.2) is 54.6 Å². The van der Waals surface area contributed by atoms with Crippen molar-refractivity contribution in [2.75, 3.05) is 37.7 Å². The van der Waals surface area contributed by atoms with Gasteiger partial charge in [-0.15, -0.1) is 0 Å². The van der Waals surface area contributed by atoms with Gasteiger partial charge in [0.25, 0.3) is 0 Å². The molecule has 5 nitrogen and oxygen atoms in total. The van der Waals surface area contributed by atoms with Crippen molar-refractivity contribution in [3.63, 3.8) is 0 Å². The number of benzene rings is 2. The first-order valence-corrected chi connectivity index (χ1v) is 9.89. The van der Waals surface area contributed by atoms with E-state index in [4.69, 9.17) is 4.74 Å². The Morgan fingerprint density at radius 3 is 2.36 bits per heavy atom. The van der Waals surface area contributed by atoms with Crippen molar-refractivity contribution in [1.29, 1.82) is 0 Å². The first kappa shape index (κ1) is 19.8. The predicted octanol–water partition coefficient (Wildman–Crippen LogP) is 3.93. The van der Waals surface area contributed by atoms with E-state index in [-0.39, 0.29) is 11.7 Å². The fourth-order valence-electron chi connectivity index (χ4n) is 3.13. The summed E-state index contributed by atoms with van der Waals surface area (Å²) in [6.45, 7) is 5.83. The predicted molar refractivity (Wildman–Crippen MR) is 113 cm³/mol. The largest absolute Gasteiger partial charge is 0.508 e. The van der Waals surface area contributed by atoms with Crippen molar-refractivity contribution in [2.24, 2.45) is 0 Å². The summed E-state index contributed by atoms with van der Waals surface area (Å²) < 4.78 is 5.66. The smallest absolute Gasteiger partial charge is 0.246 e. The number of piperazine rings is 1. The van der Waals surface area contributed by atoms with E-state index in [1.54, 1.807) is 18.2 Å². The molecule has 0 radical (unpaired) electrons. The number of ether oxygens (including phenoxy) is 1. The summed E-state index contributed by atoms with van der Waals surface area (Å²) in [7, 11) is 0. The molecule has 1 fully saturated rings. The van der Waals surface area contributed by atoms with Crippen LogP contribution in [0.3, 0.4) is 0 Å². The molecule has 3 rings (SSSR count). The Hall–Kier alpha value is -2.95. The summed E-state index contributed by atoms with van der Waals surface area (Å²) in [5.74, 6) is 1.17. The first-order valence-electron chi connectivity index (χ1n) is 9.89. The van der Waals surface area contributed by atoms with Crippen LogP contribution < -0.4 is 9.64 Å². The van der Waals surface area contributed by atoms with Crippen LogP contribution in [-0.4, -0.2) is 48.7 Å². The molecule has 0 unspecified atom stereocenters. The van der Waals surface area contributed by atoms with Gasteiger partial charge in [-0.05, 0) is 54.5 Å². The van der Waals surface area contributed by atoms with E-state index < -0.39 is 0 Å². The van der Waals surface area contributed by atoms with E-state index in [1.165, 1.54) is 0 Å². The molecule has 0 bridgehead atoms. The molecule has 0 spiro atoms. The summed E-state index contributed by atoms with van der Waals surface area (Å²) in [6.07, 6.45) is 5.66. The van der Waals surface area contributed by atoms with Gasteiger partial charge in [0.1, 0.15) is 11.5 Å². The average molecular weight is 380 g/mol. The molecule has 1 aliphatic heterocycles. The quantitative estimate of drug-likeness (QED) is 0.584. The van der Waals surface area contributed by atoms with Gasteiger partial charge in [0.05, 0.1) is 6.61 Å². The Morgan fingerprint density at radius 1 is 1.04 bits per heavy atom. The number of aromatic hydroxyl groups is 1. The van der Waals surface area contributed by atoms with Crippen molar-refractivity contribution in [3.05, 3.63) is 60.2 Å². The molecule has 0 atom stereocenters. The Kier molecular flexibility index (Phi) is 6.95. The molecule has 1 heterocycles. The topological polar surface area (TPSA) is 53.0 Å². The molecule has 0 aliphatic carbocycles. The fourth-order valence-corrected chi connectivity index (χ4v) is 3.13. The highest BCUT2D eigenvalue weighted by atomic mass is 16.5. The van der Waals surface area contributed by atoms with Gasteiger partial charge >= 0.3 is 0 Å². The lowest BCUT2D eigenvalue weighted by atomic mass is 10.2. The molecule has 0 saturated carbocycles. The van der Waals surface area contributed by atoms with Gasteiger partial charge in [-0.1, -0.05) is 25.5 Å². The van der Waals surface area contributed by atoms with E-state index in [0.717, 1.165) is 49.5 Å². The van der Waals surface area contributed by atoms with Crippen molar-refractivity contribution in [2.45, 2.75) is 19.8 Å². The van der Waals surface area contributed by atoms with E-state index in [1.807, 2.05) is 47.4 Å². The number of phenols is 1. The lowest BCUT2D eigenvalue weighted by Crippen LogP contribution is -2.48. The molecule has 1 N–H and O–H groups in total. The molecule has 2 aromatic rings. The number of phenolic OH excluding ortho intramolecular Hbond substituents is 1. The molecular weight excluding hydrogens is 352 g/mol. The molecule has 5 heteroatoms. The van der Waals surface area contributed by atoms with Gasteiger partial charge in [0.2, 0.25) is 5.91 Å². The van der Waals surface area contributed by atoms with Gasteiger partial charge in [0.15, 0.2) is 0 Å². The molecule has 1 amide bonds. The van der Waals surface area contributed by atoms with Crippen LogP contribution in [0.25, 0.3) is 6.08 Å². The first-order chi connectivity index (χ1) is 13.7. The monoisotopic (exact) mass is 380 g/mol. The van der Waals surface area contributed by atoms with Gasteiger partial charge < -0.3 is 19.6 Å². The highest BCUT2D eigenvalue weighted by molar-refractivity contribution is 5.92. The number of hydrogen-bond acceptors (Lipinski definition) is 4. The minimum Gasteiger partial charge on any atom is -0.508 e. The van der Waals surface area contributed by atoms with E-state index in [9.17, 15) is 9.90 Å². The van der Waals surface area contributed by atoms with Crippen molar-refractivity contribution in [1.82, 2.24) is 4.90 Å². The maximum Gasteiger partial charge on any atom is 0.246 e. The second kappa shape index (κ2) is 9.83. The molecule has 2 aromatic carbocycles. The van der Waals surface area contributed by atoms with Gasteiger partial charge in [-0.25, -0.2) is 0 Å². The van der Waals surface area contributed by atoms with E-state index >= 15 is 0 Å². The normalized spacial score (nSPS) is 14.5. The molecule has 1 saturated heterocycles. The summed E-state index contributed by atoms with van der Waals surface area (Å²) in [5, 5.41) is 9.40. The maximum absolute atomic E-state index is 12.5. The molecule has 0 aromatic heterocycles. The van der Waals surface area contributed by atoms with E-state index in [0.29, 0.717) is 13.1 Å². The number of amides is 1. The highest BCUT2D eigenvalue weighted by Gasteiger charge is 2.19. The summed E-state index contributed by atoms with van der Waals surface area (Å²) in [6, 6.07) is 15.0. The third-order valence-corrected chi connectivity index (χ3v) is 4.87. The van der Waals surface area contributed by atoms with Crippen LogP contribution in [0.1, 0.15) is 25.3 Å². The number of carbonyl (C=O) groups is 1. The summed E-state index contributed by atoms with van der Waals surface area (Å²) >= 11 is 0. The van der Waals surface area contributed by atoms with Gasteiger partial charge in [-0.3, -0.25) is 4.79 Å². The minimum absolute atomic E-state index is 0.0358. The maximum atomic E-state index is 12.5. The van der Waals surface area contributed by atoms with Gasteiger partial charge in [-0.2, -0.15) is 0 Å². The minimum atomic E-state index is 0.0358. The average Bonchev–Trinajstić information content (AvgIpc) is 2.74. The molecule has 1 aliphatic rings. The lowest BCUT2D eigenvalue weighted by Gasteiger charge is -2.35. The van der Waals surface area contributed by atoms with Crippen LogP contribution in [0.2, 0.25) is 0 Å². The number of carbonyl (C=O) groups excluding carboxylic acids is 1. The van der Waals surface area contributed by atoms with Crippen LogP contribution in [0.4, 0.5) is 5.69 Å². The molecule has 28 heavy (non-hydrogen) atoms. The second-order valence-corrected chi connectivity index (χ2v) is 6.93. The second-order valence-electron chi connectivity index (χ2n) is 6.93. The fraction of sp³-hybridized carbons (Fsp3) is 0.348. The highest BCUT2D eigenvalue weighted by Crippen LogP contribution is 2.20. The zero-order chi connectivity index (χ0) is 19.8. The number of hydrogen-bond donors (Lipinski definition) is 1. The molecular formula is C23H28N2O3. The van der Waals surface area contributed by atoms with Crippen LogP contribution in [-0.2, 0) is 4.79 Å².